The van der Waals surface area contributed by atoms with Gasteiger partial charge in [0.2, 0.25) is 0 Å². The van der Waals surface area contributed by atoms with Gasteiger partial charge in [-0.2, -0.15) is 4.31 Å². The van der Waals surface area contributed by atoms with Gasteiger partial charge in [-0.25, -0.2) is 8.42 Å². The standard InChI is InChI=1S/C14H26N2O2S2/c1-5-7-8-16(6-2)20(17,18)14-9-13(11-19-14)10-15-12(3)4/h9,11-12,15H,5-8,10H2,1-4H3. The number of nitrogens with one attached hydrogen (secondary N) is 1. The number of thiophene rings is 1. The van der Waals surface area contributed by atoms with Crippen molar-refractivity contribution in [3.8, 4) is 0 Å². The van der Waals surface area contributed by atoms with Gasteiger partial charge < -0.3 is 5.32 Å². The second-order valence-electron chi connectivity index (χ2n) is 5.16. The van der Waals surface area contributed by atoms with E-state index in [9.17, 15) is 8.42 Å². The first-order valence-corrected chi connectivity index (χ1v) is 9.54. The molecule has 20 heavy (non-hydrogen) atoms. The first kappa shape index (κ1) is 17.6. The Morgan fingerprint density at radius 3 is 2.60 bits per heavy atom. The molecule has 0 aliphatic rings. The summed E-state index contributed by atoms with van der Waals surface area (Å²) >= 11 is 1.32. The van der Waals surface area contributed by atoms with Gasteiger partial charge in [0, 0.05) is 25.7 Å². The van der Waals surface area contributed by atoms with Crippen LogP contribution in [0.5, 0.6) is 0 Å². The van der Waals surface area contributed by atoms with E-state index in [0.29, 0.717) is 29.9 Å². The molecule has 1 rings (SSSR count). The van der Waals surface area contributed by atoms with Crippen molar-refractivity contribution >= 4 is 21.4 Å². The summed E-state index contributed by atoms with van der Waals surface area (Å²) in [6.07, 6.45) is 1.90. The van der Waals surface area contributed by atoms with Gasteiger partial charge in [-0.1, -0.05) is 34.1 Å². The number of nitrogens with zero attached hydrogens (tertiary/aromatic N) is 1. The van der Waals surface area contributed by atoms with E-state index < -0.39 is 10.0 Å². The molecule has 1 aromatic heterocycles. The first-order valence-electron chi connectivity index (χ1n) is 7.22. The molecule has 1 heterocycles. The largest absolute Gasteiger partial charge is 0.310 e. The Hall–Kier alpha value is -0.430. The summed E-state index contributed by atoms with van der Waals surface area (Å²) in [5.41, 5.74) is 1.04. The van der Waals surface area contributed by atoms with Crippen molar-refractivity contribution in [3.05, 3.63) is 17.0 Å². The van der Waals surface area contributed by atoms with E-state index >= 15 is 0 Å². The minimum Gasteiger partial charge on any atom is -0.310 e. The van der Waals surface area contributed by atoms with Crippen LogP contribution in [0, 0.1) is 0 Å². The van der Waals surface area contributed by atoms with Crippen molar-refractivity contribution in [1.82, 2.24) is 9.62 Å². The fourth-order valence-corrected chi connectivity index (χ4v) is 4.66. The van der Waals surface area contributed by atoms with E-state index in [2.05, 4.69) is 26.1 Å². The zero-order valence-electron chi connectivity index (χ0n) is 12.8. The Kier molecular flexibility index (Phi) is 7.15. The lowest BCUT2D eigenvalue weighted by molar-refractivity contribution is 0.420. The maximum absolute atomic E-state index is 12.5. The van der Waals surface area contributed by atoms with Crippen molar-refractivity contribution in [2.75, 3.05) is 13.1 Å². The van der Waals surface area contributed by atoms with Crippen LogP contribution in [0.3, 0.4) is 0 Å². The number of hydrogen-bond acceptors (Lipinski definition) is 4. The Bertz CT molecular complexity index is 495. The molecule has 0 saturated carbocycles. The van der Waals surface area contributed by atoms with Crippen molar-refractivity contribution < 1.29 is 8.42 Å². The molecule has 0 amide bonds. The van der Waals surface area contributed by atoms with Crippen LogP contribution < -0.4 is 5.32 Å². The Morgan fingerprint density at radius 1 is 1.35 bits per heavy atom. The van der Waals surface area contributed by atoms with Crippen molar-refractivity contribution in [2.24, 2.45) is 0 Å². The molecule has 0 bridgehead atoms. The normalized spacial score (nSPS) is 12.5. The van der Waals surface area contributed by atoms with Crippen LogP contribution in [0.4, 0.5) is 0 Å². The summed E-state index contributed by atoms with van der Waals surface area (Å²) in [6, 6.07) is 2.19. The van der Waals surface area contributed by atoms with Crippen LogP contribution in [-0.2, 0) is 16.6 Å². The summed E-state index contributed by atoms with van der Waals surface area (Å²) in [5, 5.41) is 5.23. The van der Waals surface area contributed by atoms with Crippen molar-refractivity contribution in [1.29, 1.82) is 0 Å². The third-order valence-corrected chi connectivity index (χ3v) is 6.49. The summed E-state index contributed by atoms with van der Waals surface area (Å²) in [6.45, 7) is 9.96. The van der Waals surface area contributed by atoms with Crippen molar-refractivity contribution in [3.63, 3.8) is 0 Å². The molecule has 1 aromatic rings. The highest BCUT2D eigenvalue weighted by atomic mass is 32.2. The van der Waals surface area contributed by atoms with E-state index in [0.717, 1.165) is 18.4 Å². The quantitative estimate of drug-likeness (QED) is 0.761. The fraction of sp³-hybridized carbons (Fsp3) is 0.714. The predicted octanol–water partition coefficient (Wildman–Crippen LogP) is 3.06. The maximum Gasteiger partial charge on any atom is 0.252 e. The van der Waals surface area contributed by atoms with Gasteiger partial charge in [-0.3, -0.25) is 0 Å². The smallest absolute Gasteiger partial charge is 0.252 e. The minimum atomic E-state index is -3.32. The Labute approximate surface area is 127 Å². The number of unbranched alkanes of at least 4 members (excludes halogenated alkanes) is 1. The highest BCUT2D eigenvalue weighted by Crippen LogP contribution is 2.24. The van der Waals surface area contributed by atoms with Crippen LogP contribution in [0.25, 0.3) is 0 Å². The molecule has 0 fully saturated rings. The van der Waals surface area contributed by atoms with E-state index in [1.807, 2.05) is 12.3 Å². The lowest BCUT2D eigenvalue weighted by Gasteiger charge is -2.18. The van der Waals surface area contributed by atoms with E-state index in [1.54, 1.807) is 10.4 Å². The van der Waals surface area contributed by atoms with Gasteiger partial charge in [-0.05, 0) is 23.4 Å². The second kappa shape index (κ2) is 8.12. The summed E-state index contributed by atoms with van der Waals surface area (Å²) in [4.78, 5) is 0. The monoisotopic (exact) mass is 318 g/mol. The predicted molar refractivity (Wildman–Crippen MR) is 85.6 cm³/mol. The molecule has 0 unspecified atom stereocenters. The summed E-state index contributed by atoms with van der Waals surface area (Å²) < 4.78 is 27.1. The average Bonchev–Trinajstić information content (AvgIpc) is 2.86. The van der Waals surface area contributed by atoms with Crippen LogP contribution in [0.15, 0.2) is 15.7 Å². The van der Waals surface area contributed by atoms with Crippen LogP contribution in [-0.4, -0.2) is 31.9 Å². The summed E-state index contributed by atoms with van der Waals surface area (Å²) in [5.74, 6) is 0. The topological polar surface area (TPSA) is 49.4 Å². The van der Waals surface area contributed by atoms with Gasteiger partial charge >= 0.3 is 0 Å². The van der Waals surface area contributed by atoms with Crippen LogP contribution >= 0.6 is 11.3 Å². The van der Waals surface area contributed by atoms with Gasteiger partial charge in [0.25, 0.3) is 10.0 Å². The number of sulfonamides is 1. The molecule has 0 spiro atoms. The number of rotatable bonds is 9. The molecular formula is C14H26N2O2S2. The minimum absolute atomic E-state index is 0.395. The molecule has 0 aliphatic heterocycles. The third-order valence-electron chi connectivity index (χ3n) is 3.05. The molecular weight excluding hydrogens is 292 g/mol. The third kappa shape index (κ3) is 4.84. The lowest BCUT2D eigenvalue weighted by Crippen LogP contribution is -2.31. The second-order valence-corrected chi connectivity index (χ2v) is 8.24. The highest BCUT2D eigenvalue weighted by molar-refractivity contribution is 7.91. The maximum atomic E-state index is 12.5. The lowest BCUT2D eigenvalue weighted by atomic mass is 10.3. The molecule has 116 valence electrons. The van der Waals surface area contributed by atoms with Crippen LogP contribution in [0.1, 0.15) is 46.1 Å². The molecule has 6 heteroatoms. The first-order chi connectivity index (χ1) is 9.41. The molecule has 0 radical (unpaired) electrons. The Morgan fingerprint density at radius 2 is 2.05 bits per heavy atom. The Balaban J connectivity index is 2.81. The molecule has 0 saturated heterocycles. The SMILES string of the molecule is CCCCN(CC)S(=O)(=O)c1cc(CNC(C)C)cs1. The highest BCUT2D eigenvalue weighted by Gasteiger charge is 2.24. The average molecular weight is 319 g/mol. The molecule has 4 nitrogen and oxygen atoms in total. The van der Waals surface area contributed by atoms with E-state index in [1.165, 1.54) is 11.3 Å². The fourth-order valence-electron chi connectivity index (χ4n) is 1.81. The van der Waals surface area contributed by atoms with Gasteiger partial charge in [0.15, 0.2) is 0 Å². The zero-order valence-corrected chi connectivity index (χ0v) is 14.5. The molecule has 0 aliphatic carbocycles. The molecule has 0 aromatic carbocycles. The van der Waals surface area contributed by atoms with Gasteiger partial charge in [0.05, 0.1) is 0 Å². The van der Waals surface area contributed by atoms with E-state index in [-0.39, 0.29) is 0 Å². The van der Waals surface area contributed by atoms with E-state index in [4.69, 9.17) is 0 Å². The summed E-state index contributed by atoms with van der Waals surface area (Å²) in [7, 11) is -3.32. The zero-order chi connectivity index (χ0) is 15.2. The van der Waals surface area contributed by atoms with Gasteiger partial charge in [-0.15, -0.1) is 11.3 Å². The number of hydrogen-bond donors (Lipinski definition) is 1. The van der Waals surface area contributed by atoms with Crippen molar-refractivity contribution in [2.45, 2.75) is 57.3 Å². The van der Waals surface area contributed by atoms with Crippen LogP contribution in [0.2, 0.25) is 0 Å². The molecule has 0 atom stereocenters. The van der Waals surface area contributed by atoms with Gasteiger partial charge in [0.1, 0.15) is 4.21 Å². The molecule has 1 N–H and O–H groups in total.